The fourth-order valence-corrected chi connectivity index (χ4v) is 17.6. The van der Waals surface area contributed by atoms with E-state index in [4.69, 9.17) is 44.9 Å². The number of hydrogen-bond acceptors (Lipinski definition) is 10. The van der Waals surface area contributed by atoms with Gasteiger partial charge in [-0.2, -0.15) is 0 Å². The molecule has 10 nitrogen and oxygen atoms in total. The Morgan fingerprint density at radius 1 is 0.129 bits per heavy atom. The Morgan fingerprint density at radius 2 is 0.360 bits per heavy atom. The van der Waals surface area contributed by atoms with Crippen LogP contribution in [-0.4, -0.2) is 49.8 Å². The van der Waals surface area contributed by atoms with E-state index in [2.05, 4.69) is 403 Å². The lowest BCUT2D eigenvalue weighted by molar-refractivity contribution is 1.12. The summed E-state index contributed by atoms with van der Waals surface area (Å²) in [6.45, 7) is 10.4. The van der Waals surface area contributed by atoms with Gasteiger partial charge in [-0.25, -0.2) is 49.8 Å². The highest BCUT2D eigenvalue weighted by molar-refractivity contribution is 6.01. The van der Waals surface area contributed by atoms with Gasteiger partial charge >= 0.3 is 0 Å². The molecule has 0 amide bonds. The predicted molar refractivity (Wildman–Crippen MR) is 577 cm³/mol. The van der Waals surface area contributed by atoms with Crippen LogP contribution in [0, 0.1) is 34.6 Å². The van der Waals surface area contributed by atoms with Crippen molar-refractivity contribution in [2.45, 2.75) is 34.6 Å². The molecule has 0 saturated carbocycles. The largest absolute Gasteiger partial charge is 0.233 e. The van der Waals surface area contributed by atoms with Gasteiger partial charge in [-0.1, -0.05) is 466 Å². The maximum Gasteiger partial charge on any atom is 0.160 e. The van der Waals surface area contributed by atoms with Crippen molar-refractivity contribution in [3.8, 4) is 158 Å². The minimum absolute atomic E-state index is 0.742. The van der Waals surface area contributed by atoms with Crippen LogP contribution in [0.25, 0.3) is 212 Å². The summed E-state index contributed by atoms with van der Waals surface area (Å²) in [5, 5.41) is 12.1. The molecule has 5 aromatic heterocycles. The van der Waals surface area contributed by atoms with Gasteiger partial charge in [0, 0.05) is 83.6 Å². The molecule has 0 unspecified atom stereocenters. The number of rotatable bonds is 14. The predicted octanol–water partition coefficient (Wildman–Crippen LogP) is 33.0. The first-order valence-corrected chi connectivity index (χ1v) is 46.8. The van der Waals surface area contributed by atoms with E-state index in [9.17, 15) is 0 Å². The van der Waals surface area contributed by atoms with Crippen LogP contribution in [0.4, 0.5) is 0 Å². The zero-order valence-corrected chi connectivity index (χ0v) is 77.7. The number of aryl methyl sites for hydroxylation is 5. The highest BCUT2D eigenvalue weighted by Gasteiger charge is 2.20. The second kappa shape index (κ2) is 41.6. The Kier molecular flexibility index (Phi) is 26.6. The Morgan fingerprint density at radius 3 is 0.712 bits per heavy atom. The summed E-state index contributed by atoms with van der Waals surface area (Å²) >= 11 is 0. The van der Waals surface area contributed by atoms with Gasteiger partial charge in [-0.05, 0) is 137 Å². The third-order valence-corrected chi connectivity index (χ3v) is 24.6. The normalized spacial score (nSPS) is 10.9. The van der Waals surface area contributed by atoms with Gasteiger partial charge < -0.3 is 0 Å². The molecule has 662 valence electrons. The minimum atomic E-state index is 0.742. The molecular weight excluding hydrogens is 1690 g/mol. The fraction of sp³-hybridized carbons (Fsp3) is 0.0388. The van der Waals surface area contributed by atoms with E-state index in [1.54, 1.807) is 0 Å². The van der Waals surface area contributed by atoms with E-state index in [1.165, 1.54) is 76.1 Å². The summed E-state index contributed by atoms with van der Waals surface area (Å²) in [5.74, 6) is 3.76. The average molecular weight is 1790 g/mol. The molecule has 0 atom stereocenters. The number of fused-ring (bicyclic) bond motifs is 5. The van der Waals surface area contributed by atoms with Crippen molar-refractivity contribution in [2.75, 3.05) is 0 Å². The average Bonchev–Trinajstić information content (AvgIpc) is 0.797. The minimum Gasteiger partial charge on any atom is -0.233 e. The Labute approximate surface area is 810 Å². The Hall–Kier alpha value is -18.1. The van der Waals surface area contributed by atoms with E-state index >= 15 is 0 Å². The molecule has 0 aliphatic heterocycles. The fourth-order valence-electron chi connectivity index (χ4n) is 17.6. The van der Waals surface area contributed by atoms with Gasteiger partial charge in [0.1, 0.15) is 0 Å². The van der Waals surface area contributed by atoms with Gasteiger partial charge in [0.25, 0.3) is 0 Å². The van der Waals surface area contributed by atoms with E-state index in [-0.39, 0.29) is 0 Å². The Bertz CT molecular complexity index is 8260. The molecule has 24 rings (SSSR count). The zero-order valence-electron chi connectivity index (χ0n) is 77.7. The Balaban J connectivity index is 0.000000107. The van der Waals surface area contributed by atoms with E-state index < -0.39 is 0 Å². The molecule has 0 radical (unpaired) electrons. The monoisotopic (exact) mass is 1780 g/mol. The van der Waals surface area contributed by atoms with Crippen molar-refractivity contribution >= 4 is 53.9 Å². The second-order valence-electron chi connectivity index (χ2n) is 34.4. The molecule has 0 aliphatic carbocycles. The first-order chi connectivity index (χ1) is 68.4. The van der Waals surface area contributed by atoms with Gasteiger partial charge in [0.05, 0.1) is 51.2 Å². The zero-order chi connectivity index (χ0) is 94.2. The molecule has 0 spiro atoms. The number of hydrogen-bond donors (Lipinski definition) is 0. The molecule has 0 fully saturated rings. The van der Waals surface area contributed by atoms with E-state index in [0.717, 1.165) is 164 Å². The summed E-state index contributed by atoms with van der Waals surface area (Å²) in [6.07, 6.45) is 0. The van der Waals surface area contributed by atoms with Crippen molar-refractivity contribution in [1.29, 1.82) is 0 Å². The van der Waals surface area contributed by atoms with Crippen molar-refractivity contribution in [1.82, 2.24) is 49.8 Å². The summed E-state index contributed by atoms with van der Waals surface area (Å²) in [6, 6.07) is 169. The summed E-state index contributed by atoms with van der Waals surface area (Å²) in [7, 11) is 0. The standard InChI is InChI=1S/4C27H20N2.C21H16N2/c1-19-10-5-7-15-22(19)27-28-25(21-12-3-2-4-13-21)18-26(29-27)24-17-9-14-20-11-6-8-16-23(20)24;1-19-9-7-14-22(17-19)25-18-26(29-27(28-25)21-11-3-2-4-12-21)24-16-8-13-20-10-5-6-15-23(20)24;1-19-9-7-14-22(17-19)27-28-25(21-11-3-2-4-12-21)18-26(29-27)24-16-8-13-20-10-5-6-15-23(20)24;1-19-14-16-21(17-15-19)25-18-26(29-27(28-25)22-9-3-2-4-10-22)24-13-7-11-20-8-5-6-12-23(20)24;1-15-14-20(23-21(22-15)17-9-3-2-4-10-17)19-13-7-11-16-8-5-6-12-18(16)19/h4*2-18H,1H3;2-14H,1H3. The van der Waals surface area contributed by atoms with Crippen LogP contribution in [0.15, 0.2) is 491 Å². The van der Waals surface area contributed by atoms with E-state index in [0.29, 0.717) is 0 Å². The lowest BCUT2D eigenvalue weighted by Gasteiger charge is -2.12. The molecule has 5 heterocycles. The molecule has 0 bridgehead atoms. The number of aromatic nitrogens is 10. The van der Waals surface area contributed by atoms with Crippen molar-refractivity contribution in [3.63, 3.8) is 0 Å². The summed E-state index contributed by atoms with van der Waals surface area (Å²) in [4.78, 5) is 49.0. The van der Waals surface area contributed by atoms with Crippen LogP contribution in [-0.2, 0) is 0 Å². The van der Waals surface area contributed by atoms with Gasteiger partial charge in [-0.3, -0.25) is 0 Å². The summed E-state index contributed by atoms with van der Waals surface area (Å²) < 4.78 is 0. The molecule has 0 saturated heterocycles. The molecule has 0 aliphatic rings. The van der Waals surface area contributed by atoms with E-state index in [1.807, 2.05) is 128 Å². The SMILES string of the molecule is Cc1cc(-c2cccc3ccccc23)nc(-c2ccccc2)n1.Cc1ccc(-c2cc(-c3cccc4ccccc34)nc(-c3ccccc3)n2)cc1.Cc1cccc(-c2cc(-c3cccc4ccccc34)nc(-c3ccccc3)n2)c1.Cc1cccc(-c2nc(-c3ccccc3)cc(-c3cccc4ccccc34)n2)c1.Cc1ccccc1-c1nc(-c2ccccc2)cc(-c2cccc3ccccc23)n1. The highest BCUT2D eigenvalue weighted by Crippen LogP contribution is 2.40. The lowest BCUT2D eigenvalue weighted by Crippen LogP contribution is -1.97. The van der Waals surface area contributed by atoms with Crippen LogP contribution in [0.5, 0.6) is 0 Å². The van der Waals surface area contributed by atoms with Crippen LogP contribution in [0.2, 0.25) is 0 Å². The van der Waals surface area contributed by atoms with Crippen LogP contribution >= 0.6 is 0 Å². The molecule has 0 N–H and O–H groups in total. The van der Waals surface area contributed by atoms with Gasteiger partial charge in [-0.15, -0.1) is 0 Å². The maximum atomic E-state index is 5.00. The van der Waals surface area contributed by atoms with Crippen molar-refractivity contribution < 1.29 is 0 Å². The maximum absolute atomic E-state index is 5.00. The molecule has 10 heteroatoms. The molecule has 19 aromatic carbocycles. The molecule has 24 aromatic rings. The quantitative estimate of drug-likeness (QED) is 0.104. The van der Waals surface area contributed by atoms with Crippen LogP contribution < -0.4 is 0 Å². The van der Waals surface area contributed by atoms with Crippen molar-refractivity contribution in [2.24, 2.45) is 0 Å². The lowest BCUT2D eigenvalue weighted by atomic mass is 10.00. The smallest absolute Gasteiger partial charge is 0.160 e. The van der Waals surface area contributed by atoms with Gasteiger partial charge in [0.2, 0.25) is 0 Å². The van der Waals surface area contributed by atoms with Crippen LogP contribution in [0.3, 0.4) is 0 Å². The first-order valence-electron chi connectivity index (χ1n) is 46.8. The second-order valence-corrected chi connectivity index (χ2v) is 34.4. The highest BCUT2D eigenvalue weighted by atomic mass is 14.9. The molecular formula is C129H96N10. The first kappa shape index (κ1) is 88.8. The summed E-state index contributed by atoms with van der Waals surface area (Å²) in [5.41, 5.74) is 29.4. The van der Waals surface area contributed by atoms with Gasteiger partial charge in [0.15, 0.2) is 29.1 Å². The van der Waals surface area contributed by atoms with Crippen molar-refractivity contribution in [3.05, 3.63) is 519 Å². The number of nitrogens with zero attached hydrogens (tertiary/aromatic N) is 10. The third kappa shape index (κ3) is 20.7. The molecule has 139 heavy (non-hydrogen) atoms. The number of benzene rings is 19. The third-order valence-electron chi connectivity index (χ3n) is 24.6. The topological polar surface area (TPSA) is 129 Å². The van der Waals surface area contributed by atoms with Crippen LogP contribution in [0.1, 0.15) is 27.9 Å².